The molecule has 0 rings (SSSR count). The van der Waals surface area contributed by atoms with Gasteiger partial charge in [-0.2, -0.15) is 0 Å². The smallest absolute Gasteiger partial charge is 0.315 e. The van der Waals surface area contributed by atoms with Crippen LogP contribution in [0.15, 0.2) is 12.7 Å². The third kappa shape index (κ3) is 5.39. The minimum atomic E-state index is -0.554. The number of rotatable bonds is 4. The molecule has 0 aliphatic carbocycles. The van der Waals surface area contributed by atoms with Gasteiger partial charge in [0.15, 0.2) is 0 Å². The Bertz CT molecular complexity index is 138. The first kappa shape index (κ1) is 9.94. The van der Waals surface area contributed by atoms with E-state index in [1.54, 1.807) is 13.0 Å². The topological polar surface area (TPSA) is 41.1 Å². The zero-order chi connectivity index (χ0) is 8.69. The van der Waals surface area contributed by atoms with Gasteiger partial charge in [-0.05, 0) is 6.92 Å². The standard InChI is InChI=1S/C7H13FN2O/c1-3-4-9-7(11)10-6(2)5-8/h3,6H,1,4-5H2,2H3,(H2,9,10,11). The molecule has 0 bridgehead atoms. The van der Waals surface area contributed by atoms with Crippen molar-refractivity contribution in [2.75, 3.05) is 13.2 Å². The van der Waals surface area contributed by atoms with Crippen molar-refractivity contribution in [1.29, 1.82) is 0 Å². The van der Waals surface area contributed by atoms with Gasteiger partial charge >= 0.3 is 6.03 Å². The van der Waals surface area contributed by atoms with E-state index in [0.29, 0.717) is 6.54 Å². The molecule has 64 valence electrons. The number of alkyl halides is 1. The molecule has 0 saturated heterocycles. The predicted octanol–water partition coefficient (Wildman–Crippen LogP) is 0.830. The second kappa shape index (κ2) is 5.70. The lowest BCUT2D eigenvalue weighted by atomic mass is 10.4. The van der Waals surface area contributed by atoms with Crippen LogP contribution in [0.2, 0.25) is 0 Å². The first-order valence-corrected chi connectivity index (χ1v) is 3.42. The van der Waals surface area contributed by atoms with E-state index >= 15 is 0 Å². The molecular formula is C7H13FN2O. The van der Waals surface area contributed by atoms with Crippen molar-refractivity contribution in [2.24, 2.45) is 0 Å². The summed E-state index contributed by atoms with van der Waals surface area (Å²) in [4.78, 5) is 10.7. The first-order chi connectivity index (χ1) is 5.20. The summed E-state index contributed by atoms with van der Waals surface area (Å²) < 4.78 is 11.8. The summed E-state index contributed by atoms with van der Waals surface area (Å²) in [6.45, 7) is 4.85. The lowest BCUT2D eigenvalue weighted by molar-refractivity contribution is 0.236. The monoisotopic (exact) mass is 160 g/mol. The highest BCUT2D eigenvalue weighted by molar-refractivity contribution is 5.74. The van der Waals surface area contributed by atoms with E-state index in [1.165, 1.54) is 0 Å². The zero-order valence-corrected chi connectivity index (χ0v) is 6.56. The lowest BCUT2D eigenvalue weighted by Gasteiger charge is -2.09. The summed E-state index contributed by atoms with van der Waals surface area (Å²) in [5.41, 5.74) is 0. The van der Waals surface area contributed by atoms with E-state index in [1.807, 2.05) is 0 Å². The largest absolute Gasteiger partial charge is 0.335 e. The van der Waals surface area contributed by atoms with E-state index in [4.69, 9.17) is 0 Å². The normalized spacial score (nSPS) is 11.8. The van der Waals surface area contributed by atoms with Crippen molar-refractivity contribution in [1.82, 2.24) is 10.6 Å². The molecule has 1 unspecified atom stereocenters. The van der Waals surface area contributed by atoms with Crippen LogP contribution in [-0.2, 0) is 0 Å². The second-order valence-electron chi connectivity index (χ2n) is 2.20. The van der Waals surface area contributed by atoms with E-state index in [2.05, 4.69) is 17.2 Å². The summed E-state index contributed by atoms with van der Waals surface area (Å²) in [5, 5.41) is 4.85. The molecule has 0 aliphatic heterocycles. The number of amides is 2. The number of nitrogens with one attached hydrogen (secondary N) is 2. The third-order valence-electron chi connectivity index (χ3n) is 1.02. The fourth-order valence-electron chi connectivity index (χ4n) is 0.478. The van der Waals surface area contributed by atoms with Crippen molar-refractivity contribution in [3.05, 3.63) is 12.7 Å². The van der Waals surface area contributed by atoms with Crippen LogP contribution in [0.3, 0.4) is 0 Å². The van der Waals surface area contributed by atoms with Crippen molar-refractivity contribution < 1.29 is 9.18 Å². The number of halogens is 1. The lowest BCUT2D eigenvalue weighted by Crippen LogP contribution is -2.41. The highest BCUT2D eigenvalue weighted by Gasteiger charge is 2.03. The van der Waals surface area contributed by atoms with Crippen LogP contribution in [-0.4, -0.2) is 25.3 Å². The number of hydrogen-bond acceptors (Lipinski definition) is 1. The molecule has 2 N–H and O–H groups in total. The van der Waals surface area contributed by atoms with Crippen molar-refractivity contribution >= 4 is 6.03 Å². The van der Waals surface area contributed by atoms with Gasteiger partial charge < -0.3 is 10.6 Å². The molecule has 0 aromatic carbocycles. The molecule has 11 heavy (non-hydrogen) atoms. The van der Waals surface area contributed by atoms with Gasteiger partial charge in [-0.3, -0.25) is 0 Å². The molecule has 0 saturated carbocycles. The Kier molecular flexibility index (Phi) is 5.15. The predicted molar refractivity (Wildman–Crippen MR) is 42.2 cm³/mol. The molecule has 0 spiro atoms. The van der Waals surface area contributed by atoms with Crippen LogP contribution in [0.25, 0.3) is 0 Å². The summed E-state index contributed by atoms with van der Waals surface area (Å²) in [7, 11) is 0. The Morgan fingerprint density at radius 1 is 1.82 bits per heavy atom. The fourth-order valence-corrected chi connectivity index (χ4v) is 0.478. The van der Waals surface area contributed by atoms with Gasteiger partial charge in [0.2, 0.25) is 0 Å². The second-order valence-corrected chi connectivity index (χ2v) is 2.20. The molecule has 0 fully saturated rings. The molecule has 0 radical (unpaired) electrons. The molecule has 0 aromatic rings. The Morgan fingerprint density at radius 3 is 2.91 bits per heavy atom. The van der Waals surface area contributed by atoms with Crippen molar-refractivity contribution in [2.45, 2.75) is 13.0 Å². The molecule has 4 heteroatoms. The zero-order valence-electron chi connectivity index (χ0n) is 6.56. The maximum Gasteiger partial charge on any atom is 0.315 e. The van der Waals surface area contributed by atoms with E-state index in [-0.39, 0.29) is 6.03 Å². The Balaban J connectivity index is 3.43. The Hall–Kier alpha value is -1.06. The van der Waals surface area contributed by atoms with Gasteiger partial charge in [0.25, 0.3) is 0 Å². The highest BCUT2D eigenvalue weighted by atomic mass is 19.1. The quantitative estimate of drug-likeness (QED) is 0.587. The number of carbonyl (C=O) groups excluding carboxylic acids is 1. The van der Waals surface area contributed by atoms with Crippen LogP contribution < -0.4 is 10.6 Å². The summed E-state index contributed by atoms with van der Waals surface area (Å²) >= 11 is 0. The van der Waals surface area contributed by atoms with E-state index in [0.717, 1.165) is 0 Å². The summed E-state index contributed by atoms with van der Waals surface area (Å²) in [6.07, 6.45) is 1.56. The molecule has 3 nitrogen and oxygen atoms in total. The van der Waals surface area contributed by atoms with E-state index < -0.39 is 12.7 Å². The Morgan fingerprint density at radius 2 is 2.45 bits per heavy atom. The van der Waals surface area contributed by atoms with Crippen molar-refractivity contribution in [3.8, 4) is 0 Å². The number of urea groups is 1. The maximum absolute atomic E-state index is 11.8. The van der Waals surface area contributed by atoms with E-state index in [9.17, 15) is 9.18 Å². The maximum atomic E-state index is 11.8. The first-order valence-electron chi connectivity index (χ1n) is 3.42. The fraction of sp³-hybridized carbons (Fsp3) is 0.571. The number of hydrogen-bond donors (Lipinski definition) is 2. The molecular weight excluding hydrogens is 147 g/mol. The van der Waals surface area contributed by atoms with Gasteiger partial charge in [-0.15, -0.1) is 6.58 Å². The van der Waals surface area contributed by atoms with Crippen LogP contribution in [0.5, 0.6) is 0 Å². The Labute approximate surface area is 65.7 Å². The molecule has 2 amide bonds. The van der Waals surface area contributed by atoms with Crippen molar-refractivity contribution in [3.63, 3.8) is 0 Å². The third-order valence-corrected chi connectivity index (χ3v) is 1.02. The summed E-state index contributed by atoms with van der Waals surface area (Å²) in [5.74, 6) is 0. The average molecular weight is 160 g/mol. The van der Waals surface area contributed by atoms with Crippen LogP contribution >= 0.6 is 0 Å². The highest BCUT2D eigenvalue weighted by Crippen LogP contribution is 1.81. The number of carbonyl (C=O) groups is 1. The molecule has 0 aliphatic rings. The van der Waals surface area contributed by atoms with Gasteiger partial charge in [0.1, 0.15) is 6.67 Å². The minimum absolute atomic E-state index is 0.366. The molecule has 0 aromatic heterocycles. The van der Waals surface area contributed by atoms with Gasteiger partial charge in [0, 0.05) is 6.54 Å². The molecule has 1 atom stereocenters. The van der Waals surface area contributed by atoms with Gasteiger partial charge in [-0.25, -0.2) is 9.18 Å². The summed E-state index contributed by atoms with van der Waals surface area (Å²) in [6, 6.07) is -0.796. The van der Waals surface area contributed by atoms with Crippen LogP contribution in [0, 0.1) is 0 Å². The minimum Gasteiger partial charge on any atom is -0.335 e. The van der Waals surface area contributed by atoms with Gasteiger partial charge in [-0.1, -0.05) is 6.08 Å². The molecule has 0 heterocycles. The van der Waals surface area contributed by atoms with Gasteiger partial charge in [0.05, 0.1) is 6.04 Å². The SMILES string of the molecule is C=CCNC(=O)NC(C)CF. The average Bonchev–Trinajstić information content (AvgIpc) is 2.00. The van der Waals surface area contributed by atoms with Crippen LogP contribution in [0.4, 0.5) is 9.18 Å². The van der Waals surface area contributed by atoms with Crippen LogP contribution in [0.1, 0.15) is 6.92 Å².